The van der Waals surface area contributed by atoms with Crippen LogP contribution in [0.2, 0.25) is 0 Å². The zero-order valence-electron chi connectivity index (χ0n) is 20.8. The van der Waals surface area contributed by atoms with Crippen LogP contribution in [-0.2, 0) is 0 Å². The molecule has 0 nitrogen and oxygen atoms in total. The highest BCUT2D eigenvalue weighted by atomic mass is 14.2. The lowest BCUT2D eigenvalue weighted by Gasteiger charge is -2.15. The topological polar surface area (TPSA) is 0 Å². The minimum absolute atomic E-state index is 1.24. The lowest BCUT2D eigenvalue weighted by molar-refractivity contribution is 1.46. The Morgan fingerprint density at radius 2 is 0.811 bits per heavy atom. The van der Waals surface area contributed by atoms with Gasteiger partial charge in [0.15, 0.2) is 0 Å². The first-order valence-electron chi connectivity index (χ1n) is 12.9. The van der Waals surface area contributed by atoms with Gasteiger partial charge in [-0.15, -0.1) is 0 Å². The zero-order valence-corrected chi connectivity index (χ0v) is 20.8. The molecule has 0 unspecified atom stereocenters. The minimum atomic E-state index is 1.24. The fourth-order valence-electron chi connectivity index (χ4n) is 5.60. The number of aryl methyl sites for hydroxylation is 1. The average Bonchev–Trinajstić information content (AvgIpc) is 2.96. The average molecular weight is 471 g/mol. The van der Waals surface area contributed by atoms with E-state index in [1.807, 2.05) is 0 Å². The van der Waals surface area contributed by atoms with E-state index in [-0.39, 0.29) is 0 Å². The van der Waals surface area contributed by atoms with Crippen molar-refractivity contribution in [1.29, 1.82) is 0 Å². The Labute approximate surface area is 217 Å². The molecule has 0 spiro atoms. The molecule has 0 heteroatoms. The largest absolute Gasteiger partial charge is 0.0616 e. The van der Waals surface area contributed by atoms with Gasteiger partial charge in [0.25, 0.3) is 0 Å². The van der Waals surface area contributed by atoms with Crippen molar-refractivity contribution >= 4 is 32.3 Å². The molecule has 0 aliphatic heterocycles. The normalized spacial score (nSPS) is 11.4. The SMILES string of the molecule is Cc1ccc(-c2ccc3ccccc3c2)cc1-c1ccc(-c2ccc3ccccc3c2)c2ccccc12. The van der Waals surface area contributed by atoms with Gasteiger partial charge in [0.1, 0.15) is 0 Å². The van der Waals surface area contributed by atoms with Crippen molar-refractivity contribution in [1.82, 2.24) is 0 Å². The Hall–Kier alpha value is -4.68. The third kappa shape index (κ3) is 3.79. The third-order valence-electron chi connectivity index (χ3n) is 7.60. The Morgan fingerprint density at radius 1 is 0.324 bits per heavy atom. The monoisotopic (exact) mass is 470 g/mol. The van der Waals surface area contributed by atoms with Crippen molar-refractivity contribution in [3.63, 3.8) is 0 Å². The summed E-state index contributed by atoms with van der Waals surface area (Å²) in [5, 5.41) is 7.65. The van der Waals surface area contributed by atoms with E-state index in [1.54, 1.807) is 0 Å². The highest BCUT2D eigenvalue weighted by Crippen LogP contribution is 2.39. The van der Waals surface area contributed by atoms with Crippen LogP contribution in [0.5, 0.6) is 0 Å². The molecule has 0 bridgehead atoms. The van der Waals surface area contributed by atoms with Gasteiger partial charge >= 0.3 is 0 Å². The summed E-state index contributed by atoms with van der Waals surface area (Å²) in [4.78, 5) is 0. The van der Waals surface area contributed by atoms with E-state index < -0.39 is 0 Å². The molecule has 0 saturated carbocycles. The van der Waals surface area contributed by atoms with Crippen molar-refractivity contribution in [2.45, 2.75) is 6.92 Å². The predicted octanol–water partition coefficient (Wildman–Crippen LogP) is 10.5. The lowest BCUT2D eigenvalue weighted by atomic mass is 9.88. The second-order valence-electron chi connectivity index (χ2n) is 9.86. The summed E-state index contributed by atoms with van der Waals surface area (Å²) in [5.41, 5.74) is 8.86. The summed E-state index contributed by atoms with van der Waals surface area (Å²) in [6, 6.07) is 50.9. The highest BCUT2D eigenvalue weighted by Gasteiger charge is 2.13. The summed E-state index contributed by atoms with van der Waals surface area (Å²) in [7, 11) is 0. The molecule has 7 aromatic rings. The van der Waals surface area contributed by atoms with Gasteiger partial charge in [0, 0.05) is 0 Å². The number of hydrogen-bond acceptors (Lipinski definition) is 0. The van der Waals surface area contributed by atoms with E-state index >= 15 is 0 Å². The molecule has 0 saturated heterocycles. The van der Waals surface area contributed by atoms with Crippen LogP contribution < -0.4 is 0 Å². The molecule has 0 amide bonds. The van der Waals surface area contributed by atoms with Gasteiger partial charge < -0.3 is 0 Å². The van der Waals surface area contributed by atoms with E-state index in [4.69, 9.17) is 0 Å². The van der Waals surface area contributed by atoms with Gasteiger partial charge in [-0.1, -0.05) is 121 Å². The summed E-state index contributed by atoms with van der Waals surface area (Å²) < 4.78 is 0. The van der Waals surface area contributed by atoms with Crippen LogP contribution >= 0.6 is 0 Å². The Morgan fingerprint density at radius 3 is 1.51 bits per heavy atom. The van der Waals surface area contributed by atoms with Crippen molar-refractivity contribution < 1.29 is 0 Å². The maximum atomic E-state index is 2.36. The van der Waals surface area contributed by atoms with Crippen LogP contribution in [0.4, 0.5) is 0 Å². The van der Waals surface area contributed by atoms with Crippen LogP contribution in [0.25, 0.3) is 65.7 Å². The first-order chi connectivity index (χ1) is 18.2. The number of fused-ring (bicyclic) bond motifs is 3. The van der Waals surface area contributed by atoms with Crippen LogP contribution in [0.15, 0.2) is 140 Å². The second-order valence-corrected chi connectivity index (χ2v) is 9.86. The molecule has 0 fully saturated rings. The number of rotatable bonds is 3. The second kappa shape index (κ2) is 8.76. The number of benzene rings is 7. The molecule has 0 aliphatic carbocycles. The van der Waals surface area contributed by atoms with Crippen molar-refractivity contribution in [2.24, 2.45) is 0 Å². The molecule has 0 heterocycles. The van der Waals surface area contributed by atoms with Gasteiger partial charge in [-0.25, -0.2) is 0 Å². The molecule has 7 aromatic carbocycles. The Bertz CT molecular complexity index is 1940. The molecule has 0 aromatic heterocycles. The fraction of sp³-hybridized carbons (Fsp3) is 0.0270. The molecule has 174 valence electrons. The van der Waals surface area contributed by atoms with Gasteiger partial charge in [-0.3, -0.25) is 0 Å². The standard InChI is InChI=1S/C37H26/c1-25-14-15-31(30-18-16-26-8-2-4-10-28(26)22-30)24-37(25)36-21-20-33(34-12-6-7-13-35(34)36)32-19-17-27-9-3-5-11-29(27)23-32/h2-24H,1H3. The van der Waals surface area contributed by atoms with E-state index in [0.717, 1.165) is 0 Å². The van der Waals surface area contributed by atoms with E-state index in [1.165, 1.54) is 71.3 Å². The first-order valence-corrected chi connectivity index (χ1v) is 12.9. The molecule has 0 N–H and O–H groups in total. The summed E-state index contributed by atoms with van der Waals surface area (Å²) in [5.74, 6) is 0. The molecule has 37 heavy (non-hydrogen) atoms. The Kier molecular flexibility index (Phi) is 5.11. The smallest absolute Gasteiger partial charge is 0.00991 e. The fourth-order valence-corrected chi connectivity index (χ4v) is 5.60. The molecular weight excluding hydrogens is 444 g/mol. The van der Waals surface area contributed by atoms with Crippen LogP contribution in [-0.4, -0.2) is 0 Å². The summed E-state index contributed by atoms with van der Waals surface area (Å²) in [6.45, 7) is 2.21. The zero-order chi connectivity index (χ0) is 24.8. The van der Waals surface area contributed by atoms with Crippen molar-refractivity contribution in [3.8, 4) is 33.4 Å². The molecule has 0 aliphatic rings. The summed E-state index contributed by atoms with van der Waals surface area (Å²) in [6.07, 6.45) is 0. The highest BCUT2D eigenvalue weighted by molar-refractivity contribution is 6.06. The van der Waals surface area contributed by atoms with Crippen LogP contribution in [0.1, 0.15) is 5.56 Å². The lowest BCUT2D eigenvalue weighted by Crippen LogP contribution is -1.90. The van der Waals surface area contributed by atoms with Crippen molar-refractivity contribution in [3.05, 3.63) is 145 Å². The molecule has 0 radical (unpaired) electrons. The van der Waals surface area contributed by atoms with Gasteiger partial charge in [-0.05, 0) is 96.4 Å². The minimum Gasteiger partial charge on any atom is -0.0616 e. The summed E-state index contributed by atoms with van der Waals surface area (Å²) >= 11 is 0. The molecule has 0 atom stereocenters. The van der Waals surface area contributed by atoms with Gasteiger partial charge in [0.05, 0.1) is 0 Å². The maximum absolute atomic E-state index is 2.36. The van der Waals surface area contributed by atoms with Crippen molar-refractivity contribution in [2.75, 3.05) is 0 Å². The Balaban J connectivity index is 1.39. The molecular formula is C37H26. The van der Waals surface area contributed by atoms with E-state index in [9.17, 15) is 0 Å². The van der Waals surface area contributed by atoms with Gasteiger partial charge in [0.2, 0.25) is 0 Å². The van der Waals surface area contributed by atoms with E-state index in [2.05, 4.69) is 146 Å². The maximum Gasteiger partial charge on any atom is -0.00991 e. The van der Waals surface area contributed by atoms with Crippen LogP contribution in [0.3, 0.4) is 0 Å². The third-order valence-corrected chi connectivity index (χ3v) is 7.60. The van der Waals surface area contributed by atoms with Gasteiger partial charge in [-0.2, -0.15) is 0 Å². The predicted molar refractivity (Wildman–Crippen MR) is 160 cm³/mol. The van der Waals surface area contributed by atoms with E-state index in [0.29, 0.717) is 0 Å². The number of hydrogen-bond donors (Lipinski definition) is 0. The first kappa shape index (κ1) is 21.6. The molecule has 7 rings (SSSR count). The van der Waals surface area contributed by atoms with Crippen LogP contribution in [0, 0.1) is 6.92 Å². The quantitative estimate of drug-likeness (QED) is 0.241.